The first-order chi connectivity index (χ1) is 8.83. The molecule has 0 aromatic carbocycles. The van der Waals surface area contributed by atoms with Gasteiger partial charge in [-0.05, 0) is 37.5 Å². The van der Waals surface area contributed by atoms with Crippen molar-refractivity contribution >= 4 is 5.91 Å². The summed E-state index contributed by atoms with van der Waals surface area (Å²) in [6, 6.07) is 0.719. The number of nitrogens with one attached hydrogen (secondary N) is 1. The highest BCUT2D eigenvalue weighted by Gasteiger charge is 2.39. The summed E-state index contributed by atoms with van der Waals surface area (Å²) in [5.74, 6) is 1.93. The van der Waals surface area contributed by atoms with Crippen molar-refractivity contribution in [3.63, 3.8) is 0 Å². The molecule has 3 fully saturated rings. The molecule has 1 heterocycles. The lowest BCUT2D eigenvalue weighted by atomic mass is 9.79. The average molecular weight is 250 g/mol. The van der Waals surface area contributed by atoms with E-state index >= 15 is 0 Å². The Kier molecular flexibility index (Phi) is 3.88. The number of carbonyl (C=O) groups is 1. The highest BCUT2D eigenvalue weighted by molar-refractivity contribution is 5.78. The van der Waals surface area contributed by atoms with Crippen LogP contribution in [0.4, 0.5) is 0 Å². The Morgan fingerprint density at radius 1 is 1.06 bits per heavy atom. The first-order valence-corrected chi connectivity index (χ1v) is 7.83. The normalized spacial score (nSPS) is 32.9. The van der Waals surface area contributed by atoms with Crippen LogP contribution in [0.3, 0.4) is 0 Å². The molecular formula is C15H26N2O. The van der Waals surface area contributed by atoms with Gasteiger partial charge in [0.25, 0.3) is 0 Å². The van der Waals surface area contributed by atoms with Crippen LogP contribution < -0.4 is 5.32 Å². The van der Waals surface area contributed by atoms with Gasteiger partial charge in [-0.15, -0.1) is 0 Å². The topological polar surface area (TPSA) is 32.3 Å². The van der Waals surface area contributed by atoms with Gasteiger partial charge in [-0.3, -0.25) is 9.69 Å². The van der Waals surface area contributed by atoms with Gasteiger partial charge in [0.05, 0.1) is 6.54 Å². The standard InChI is InChI=1S/C15H26N2O/c18-15(16-9-12-7-8-12)11-17-10-13-5-3-1-2-4-6-14(13)17/h12-14H,1-11H2,(H,16,18)/t13-,14-/m1/s1. The van der Waals surface area contributed by atoms with Crippen LogP contribution in [0.25, 0.3) is 0 Å². The first-order valence-electron chi connectivity index (χ1n) is 7.83. The lowest BCUT2D eigenvalue weighted by Gasteiger charge is -2.49. The number of rotatable bonds is 4. The molecule has 18 heavy (non-hydrogen) atoms. The molecule has 0 radical (unpaired) electrons. The van der Waals surface area contributed by atoms with Crippen LogP contribution in [0.2, 0.25) is 0 Å². The molecule has 1 amide bonds. The molecule has 3 nitrogen and oxygen atoms in total. The minimum Gasteiger partial charge on any atom is -0.355 e. The van der Waals surface area contributed by atoms with Crippen molar-refractivity contribution in [3.05, 3.63) is 0 Å². The van der Waals surface area contributed by atoms with E-state index in [0.717, 1.165) is 24.4 Å². The second-order valence-electron chi connectivity index (χ2n) is 6.50. The van der Waals surface area contributed by atoms with Crippen LogP contribution in [0.1, 0.15) is 51.4 Å². The number of carbonyl (C=O) groups excluding carboxylic acids is 1. The van der Waals surface area contributed by atoms with Gasteiger partial charge < -0.3 is 5.32 Å². The van der Waals surface area contributed by atoms with Gasteiger partial charge in [0.1, 0.15) is 0 Å². The third kappa shape index (κ3) is 3.05. The van der Waals surface area contributed by atoms with E-state index in [9.17, 15) is 4.79 Å². The van der Waals surface area contributed by atoms with E-state index in [-0.39, 0.29) is 5.91 Å². The Balaban J connectivity index is 1.41. The molecule has 1 saturated heterocycles. The molecule has 2 atom stereocenters. The van der Waals surface area contributed by atoms with E-state index in [0.29, 0.717) is 6.54 Å². The Labute approximate surface area is 110 Å². The Morgan fingerprint density at radius 2 is 1.83 bits per heavy atom. The minimum atomic E-state index is 0.252. The molecular weight excluding hydrogens is 224 g/mol. The first kappa shape index (κ1) is 12.5. The zero-order valence-electron chi connectivity index (χ0n) is 11.4. The molecule has 3 aliphatic rings. The number of nitrogens with zero attached hydrogens (tertiary/aromatic N) is 1. The van der Waals surface area contributed by atoms with Crippen LogP contribution in [0.15, 0.2) is 0 Å². The second-order valence-corrected chi connectivity index (χ2v) is 6.50. The number of hydrogen-bond donors (Lipinski definition) is 1. The lowest BCUT2D eigenvalue weighted by Crippen LogP contribution is -2.58. The molecule has 0 aromatic heterocycles. The van der Waals surface area contributed by atoms with Crippen molar-refractivity contribution in [1.82, 2.24) is 10.2 Å². The van der Waals surface area contributed by atoms with Crippen molar-refractivity contribution in [2.75, 3.05) is 19.6 Å². The molecule has 102 valence electrons. The van der Waals surface area contributed by atoms with E-state index in [4.69, 9.17) is 0 Å². The van der Waals surface area contributed by atoms with Gasteiger partial charge in [0.15, 0.2) is 0 Å². The summed E-state index contributed by atoms with van der Waals surface area (Å²) in [5, 5.41) is 3.09. The average Bonchev–Trinajstić information content (AvgIpc) is 3.13. The Hall–Kier alpha value is -0.570. The monoisotopic (exact) mass is 250 g/mol. The highest BCUT2D eigenvalue weighted by atomic mass is 16.2. The van der Waals surface area contributed by atoms with E-state index in [1.807, 2.05) is 0 Å². The summed E-state index contributed by atoms with van der Waals surface area (Å²) in [6.07, 6.45) is 10.9. The van der Waals surface area contributed by atoms with Gasteiger partial charge in [-0.25, -0.2) is 0 Å². The van der Waals surface area contributed by atoms with E-state index < -0.39 is 0 Å². The summed E-state index contributed by atoms with van der Waals surface area (Å²) in [4.78, 5) is 14.3. The molecule has 0 unspecified atom stereocenters. The highest BCUT2D eigenvalue weighted by Crippen LogP contribution is 2.34. The van der Waals surface area contributed by atoms with Gasteiger partial charge >= 0.3 is 0 Å². The second kappa shape index (κ2) is 5.60. The molecule has 1 aliphatic heterocycles. The van der Waals surface area contributed by atoms with Crippen LogP contribution in [0.5, 0.6) is 0 Å². The quantitative estimate of drug-likeness (QED) is 0.829. The van der Waals surface area contributed by atoms with Crippen molar-refractivity contribution in [2.45, 2.75) is 57.4 Å². The summed E-state index contributed by atoms with van der Waals surface area (Å²) >= 11 is 0. The van der Waals surface area contributed by atoms with Gasteiger partial charge in [-0.2, -0.15) is 0 Å². The maximum atomic E-state index is 11.9. The number of amides is 1. The number of hydrogen-bond acceptors (Lipinski definition) is 2. The number of fused-ring (bicyclic) bond motifs is 1. The zero-order valence-corrected chi connectivity index (χ0v) is 11.4. The van der Waals surface area contributed by atoms with E-state index in [1.165, 1.54) is 57.9 Å². The zero-order chi connectivity index (χ0) is 12.4. The van der Waals surface area contributed by atoms with E-state index in [1.54, 1.807) is 0 Å². The molecule has 2 aliphatic carbocycles. The molecule has 0 spiro atoms. The third-order valence-electron chi connectivity index (χ3n) is 4.94. The molecule has 3 heteroatoms. The van der Waals surface area contributed by atoms with E-state index in [2.05, 4.69) is 10.2 Å². The summed E-state index contributed by atoms with van der Waals surface area (Å²) in [6.45, 7) is 2.73. The Bertz CT molecular complexity index is 301. The van der Waals surface area contributed by atoms with Crippen LogP contribution in [-0.2, 0) is 4.79 Å². The van der Waals surface area contributed by atoms with Crippen molar-refractivity contribution in [3.8, 4) is 0 Å². The lowest BCUT2D eigenvalue weighted by molar-refractivity contribution is -0.126. The molecule has 2 saturated carbocycles. The Morgan fingerprint density at radius 3 is 2.61 bits per heavy atom. The predicted molar refractivity (Wildman–Crippen MR) is 72.3 cm³/mol. The minimum absolute atomic E-state index is 0.252. The molecule has 3 rings (SSSR count). The smallest absolute Gasteiger partial charge is 0.234 e. The van der Waals surface area contributed by atoms with Gasteiger partial charge in [0, 0.05) is 19.1 Å². The fourth-order valence-corrected chi connectivity index (χ4v) is 3.54. The fraction of sp³-hybridized carbons (Fsp3) is 0.933. The third-order valence-corrected chi connectivity index (χ3v) is 4.94. The van der Waals surface area contributed by atoms with Crippen molar-refractivity contribution in [1.29, 1.82) is 0 Å². The molecule has 0 bridgehead atoms. The summed E-state index contributed by atoms with van der Waals surface area (Å²) in [7, 11) is 0. The van der Waals surface area contributed by atoms with Crippen molar-refractivity contribution < 1.29 is 4.79 Å². The maximum Gasteiger partial charge on any atom is 0.234 e. The van der Waals surface area contributed by atoms with Crippen LogP contribution >= 0.6 is 0 Å². The number of likely N-dealkylation sites (tertiary alicyclic amines) is 1. The summed E-state index contributed by atoms with van der Waals surface area (Å²) in [5.41, 5.74) is 0. The predicted octanol–water partition coefficient (Wildman–Crippen LogP) is 2.17. The van der Waals surface area contributed by atoms with Gasteiger partial charge in [0.2, 0.25) is 5.91 Å². The van der Waals surface area contributed by atoms with Crippen molar-refractivity contribution in [2.24, 2.45) is 11.8 Å². The summed E-state index contributed by atoms with van der Waals surface area (Å²) < 4.78 is 0. The van der Waals surface area contributed by atoms with Crippen LogP contribution in [0, 0.1) is 11.8 Å². The largest absolute Gasteiger partial charge is 0.355 e. The molecule has 0 aromatic rings. The van der Waals surface area contributed by atoms with Crippen LogP contribution in [-0.4, -0.2) is 36.5 Å². The maximum absolute atomic E-state index is 11.9. The fourth-order valence-electron chi connectivity index (χ4n) is 3.54. The SMILES string of the molecule is O=C(CN1C[C@H]2CCCCCC[C@H]21)NCC1CC1. The van der Waals surface area contributed by atoms with Gasteiger partial charge in [-0.1, -0.05) is 25.7 Å². The molecule has 1 N–H and O–H groups in total.